The number of aliphatic hydroxyl groups is 1. The van der Waals surface area contributed by atoms with Gasteiger partial charge in [0.2, 0.25) is 0 Å². The molecule has 0 aliphatic carbocycles. The number of amides is 1. The zero-order valence-corrected chi connectivity index (χ0v) is 12.0. The molecule has 0 aromatic heterocycles. The zero-order valence-electron chi connectivity index (χ0n) is 11.2. The normalized spacial score (nSPS) is 26.2. The number of hydrogen-bond donors (Lipinski definition) is 2. The van der Waals surface area contributed by atoms with E-state index in [1.54, 1.807) is 12.1 Å². The highest BCUT2D eigenvalue weighted by Crippen LogP contribution is 2.38. The van der Waals surface area contributed by atoms with Gasteiger partial charge in [-0.3, -0.25) is 4.79 Å². The molecular formula is C15H16ClNO3. The predicted octanol–water partition coefficient (Wildman–Crippen LogP) is 2.60. The van der Waals surface area contributed by atoms with Crippen LogP contribution in [0.3, 0.4) is 0 Å². The van der Waals surface area contributed by atoms with Crippen molar-refractivity contribution in [1.82, 2.24) is 5.32 Å². The molecule has 2 aliphatic heterocycles. The maximum atomic E-state index is 12.3. The van der Waals surface area contributed by atoms with Crippen LogP contribution in [0.25, 0.3) is 5.57 Å². The Morgan fingerprint density at radius 3 is 2.90 bits per heavy atom. The van der Waals surface area contributed by atoms with Crippen LogP contribution in [0.5, 0.6) is 0 Å². The van der Waals surface area contributed by atoms with E-state index in [0.717, 1.165) is 12.0 Å². The van der Waals surface area contributed by atoms with Gasteiger partial charge in [-0.25, -0.2) is 0 Å². The number of aryl methyl sites for hydroxylation is 1. The molecule has 2 N–H and O–H groups in total. The van der Waals surface area contributed by atoms with Gasteiger partial charge in [-0.15, -0.1) is 0 Å². The molecule has 1 spiro atoms. The molecule has 1 aromatic carbocycles. The van der Waals surface area contributed by atoms with E-state index >= 15 is 0 Å². The third-order valence-corrected chi connectivity index (χ3v) is 4.22. The minimum Gasteiger partial charge on any atom is -0.509 e. The van der Waals surface area contributed by atoms with Crippen LogP contribution in [0.15, 0.2) is 24.0 Å². The van der Waals surface area contributed by atoms with Crippen molar-refractivity contribution in [2.75, 3.05) is 13.2 Å². The highest BCUT2D eigenvalue weighted by Gasteiger charge is 2.47. The summed E-state index contributed by atoms with van der Waals surface area (Å²) in [5, 5.41) is 13.9. The number of nitrogens with one attached hydrogen (secondary N) is 1. The molecule has 1 atom stereocenters. The average Bonchev–Trinajstić information content (AvgIpc) is 2.63. The number of halogens is 1. The van der Waals surface area contributed by atoms with Crippen LogP contribution in [-0.2, 0) is 9.53 Å². The first-order valence-corrected chi connectivity index (χ1v) is 7.02. The van der Waals surface area contributed by atoms with E-state index in [1.165, 1.54) is 0 Å². The molecule has 0 saturated carbocycles. The van der Waals surface area contributed by atoms with E-state index in [4.69, 9.17) is 16.3 Å². The minimum absolute atomic E-state index is 0.0490. The Morgan fingerprint density at radius 1 is 1.45 bits per heavy atom. The second-order valence-electron chi connectivity index (χ2n) is 5.40. The summed E-state index contributed by atoms with van der Waals surface area (Å²) < 4.78 is 5.42. The molecular weight excluding hydrogens is 278 g/mol. The lowest BCUT2D eigenvalue weighted by Crippen LogP contribution is -2.50. The Bertz CT molecular complexity index is 603. The van der Waals surface area contributed by atoms with Crippen LogP contribution in [0, 0.1) is 6.92 Å². The quantitative estimate of drug-likeness (QED) is 0.837. The maximum absolute atomic E-state index is 12.3. The fourth-order valence-electron chi connectivity index (χ4n) is 2.84. The van der Waals surface area contributed by atoms with Crippen molar-refractivity contribution in [3.8, 4) is 0 Å². The number of carbonyl (C=O) groups excluding carboxylic acids is 1. The summed E-state index contributed by atoms with van der Waals surface area (Å²) in [4.78, 5) is 12.3. The minimum atomic E-state index is -0.779. The van der Waals surface area contributed by atoms with Crippen LogP contribution < -0.4 is 5.32 Å². The van der Waals surface area contributed by atoms with Gasteiger partial charge in [0.25, 0.3) is 5.91 Å². The molecule has 1 aromatic rings. The molecule has 5 heteroatoms. The summed E-state index contributed by atoms with van der Waals surface area (Å²) in [7, 11) is 0. The Labute approximate surface area is 122 Å². The number of rotatable bonds is 1. The Kier molecular flexibility index (Phi) is 3.22. The van der Waals surface area contributed by atoms with Crippen molar-refractivity contribution >= 4 is 23.1 Å². The Hall–Kier alpha value is -1.52. The molecule has 1 fully saturated rings. The fraction of sp³-hybridized carbons (Fsp3) is 0.400. The summed E-state index contributed by atoms with van der Waals surface area (Å²) in [6.07, 6.45) is 1.48. The van der Waals surface area contributed by atoms with Crippen molar-refractivity contribution in [1.29, 1.82) is 0 Å². The first-order valence-electron chi connectivity index (χ1n) is 6.64. The second-order valence-corrected chi connectivity index (χ2v) is 5.81. The largest absolute Gasteiger partial charge is 0.509 e. The van der Waals surface area contributed by atoms with Gasteiger partial charge in [-0.2, -0.15) is 0 Å². The number of ether oxygens (including phenoxy) is 1. The van der Waals surface area contributed by atoms with Gasteiger partial charge in [0.1, 0.15) is 11.3 Å². The number of aliphatic hydroxyl groups excluding tert-OH is 1. The van der Waals surface area contributed by atoms with Crippen molar-refractivity contribution in [2.45, 2.75) is 25.3 Å². The average molecular weight is 294 g/mol. The van der Waals surface area contributed by atoms with Crippen LogP contribution in [-0.4, -0.2) is 29.8 Å². The standard InChI is InChI=1S/C15H16ClNO3/c1-9-3-4-10(11(16)7-9)12-13(18)15(17-14(12)19)5-2-6-20-8-15/h3-4,7,18H,2,5-6,8H2,1H3,(H,17,19). The topological polar surface area (TPSA) is 58.6 Å². The highest BCUT2D eigenvalue weighted by molar-refractivity contribution is 6.35. The fourth-order valence-corrected chi connectivity index (χ4v) is 3.17. The van der Waals surface area contributed by atoms with Gasteiger partial charge in [-0.05, 0) is 31.4 Å². The highest BCUT2D eigenvalue weighted by atomic mass is 35.5. The molecule has 1 amide bonds. The van der Waals surface area contributed by atoms with E-state index in [1.807, 2.05) is 13.0 Å². The van der Waals surface area contributed by atoms with E-state index in [2.05, 4.69) is 5.32 Å². The number of hydrogen-bond acceptors (Lipinski definition) is 3. The number of benzene rings is 1. The Morgan fingerprint density at radius 2 is 2.25 bits per heavy atom. The van der Waals surface area contributed by atoms with Crippen molar-refractivity contribution < 1.29 is 14.6 Å². The van der Waals surface area contributed by atoms with Crippen LogP contribution in [0.1, 0.15) is 24.0 Å². The monoisotopic (exact) mass is 293 g/mol. The van der Waals surface area contributed by atoms with Crippen molar-refractivity contribution in [2.24, 2.45) is 0 Å². The molecule has 3 rings (SSSR count). The first-order chi connectivity index (χ1) is 9.53. The molecule has 2 aliphatic rings. The van der Waals surface area contributed by atoms with Gasteiger partial charge in [0.05, 0.1) is 12.2 Å². The second kappa shape index (κ2) is 4.79. The van der Waals surface area contributed by atoms with Gasteiger partial charge in [0.15, 0.2) is 0 Å². The summed E-state index contributed by atoms with van der Waals surface area (Å²) in [5.74, 6) is -0.244. The molecule has 106 valence electrons. The zero-order chi connectivity index (χ0) is 14.3. The van der Waals surface area contributed by atoms with Crippen molar-refractivity contribution in [3.63, 3.8) is 0 Å². The van der Waals surface area contributed by atoms with Gasteiger partial charge >= 0.3 is 0 Å². The van der Waals surface area contributed by atoms with Crippen molar-refractivity contribution in [3.05, 3.63) is 40.1 Å². The summed E-state index contributed by atoms with van der Waals surface area (Å²) >= 11 is 6.21. The van der Waals surface area contributed by atoms with E-state index < -0.39 is 5.54 Å². The van der Waals surface area contributed by atoms with E-state index in [0.29, 0.717) is 30.2 Å². The van der Waals surface area contributed by atoms with E-state index in [-0.39, 0.29) is 17.2 Å². The van der Waals surface area contributed by atoms with E-state index in [9.17, 15) is 9.90 Å². The maximum Gasteiger partial charge on any atom is 0.256 e. The lowest BCUT2D eigenvalue weighted by atomic mass is 9.90. The van der Waals surface area contributed by atoms with Crippen LogP contribution >= 0.6 is 11.6 Å². The van der Waals surface area contributed by atoms with Crippen LogP contribution in [0.2, 0.25) is 5.02 Å². The molecule has 1 saturated heterocycles. The first kappa shape index (κ1) is 13.5. The summed E-state index contributed by atoms with van der Waals surface area (Å²) in [6, 6.07) is 5.43. The van der Waals surface area contributed by atoms with Crippen LogP contribution in [0.4, 0.5) is 0 Å². The molecule has 1 unspecified atom stereocenters. The molecule has 2 heterocycles. The molecule has 20 heavy (non-hydrogen) atoms. The molecule has 0 bridgehead atoms. The lowest BCUT2D eigenvalue weighted by molar-refractivity contribution is -0.117. The SMILES string of the molecule is Cc1ccc(C2=C(O)C3(CCCOC3)NC2=O)c(Cl)c1. The Balaban J connectivity index is 2.09. The third-order valence-electron chi connectivity index (χ3n) is 3.90. The summed E-state index contributed by atoms with van der Waals surface area (Å²) in [5.41, 5.74) is 1.06. The number of carbonyl (C=O) groups is 1. The molecule has 4 nitrogen and oxygen atoms in total. The molecule has 0 radical (unpaired) electrons. The predicted molar refractivity (Wildman–Crippen MR) is 76.7 cm³/mol. The smallest absolute Gasteiger partial charge is 0.256 e. The third kappa shape index (κ3) is 2.00. The van der Waals surface area contributed by atoms with Gasteiger partial charge in [0, 0.05) is 17.2 Å². The summed E-state index contributed by atoms with van der Waals surface area (Å²) in [6.45, 7) is 2.89. The van der Waals surface area contributed by atoms with Gasteiger partial charge < -0.3 is 15.2 Å². The lowest BCUT2D eigenvalue weighted by Gasteiger charge is -2.33. The van der Waals surface area contributed by atoms with Gasteiger partial charge in [-0.1, -0.05) is 23.7 Å².